The summed E-state index contributed by atoms with van der Waals surface area (Å²) in [5, 5.41) is 4.13. The second kappa shape index (κ2) is 5.07. The van der Waals surface area contributed by atoms with Crippen molar-refractivity contribution >= 4 is 22.4 Å². The van der Waals surface area contributed by atoms with Crippen LogP contribution >= 0.6 is 11.3 Å². The summed E-state index contributed by atoms with van der Waals surface area (Å²) in [4.78, 5) is 13.3. The maximum absolute atomic E-state index is 4.68. The van der Waals surface area contributed by atoms with Gasteiger partial charge in [0.25, 0.3) is 0 Å². The average molecular weight is 289 g/mol. The molecule has 4 aromatic rings. The summed E-state index contributed by atoms with van der Waals surface area (Å²) in [6.07, 6.45) is 5.43. The van der Waals surface area contributed by atoms with E-state index in [2.05, 4.69) is 38.5 Å². The van der Waals surface area contributed by atoms with Crippen molar-refractivity contribution in [1.29, 1.82) is 0 Å². The van der Waals surface area contributed by atoms with E-state index in [1.807, 2.05) is 29.8 Å². The zero-order valence-electron chi connectivity index (χ0n) is 11.1. The van der Waals surface area contributed by atoms with Gasteiger partial charge in [0.2, 0.25) is 0 Å². The van der Waals surface area contributed by atoms with Crippen LogP contribution < -0.4 is 0 Å². The topological polar surface area (TPSA) is 38.7 Å². The highest BCUT2D eigenvalue weighted by Gasteiger charge is 2.05. The number of thiophene rings is 1. The Kier molecular flexibility index (Phi) is 2.94. The number of pyridine rings is 1. The van der Waals surface area contributed by atoms with Crippen molar-refractivity contribution in [3.8, 4) is 22.4 Å². The number of benzene rings is 1. The molecule has 4 rings (SSSR count). The van der Waals surface area contributed by atoms with Crippen LogP contribution in [-0.2, 0) is 0 Å². The molecule has 0 saturated carbocycles. The third-order valence-corrected chi connectivity index (χ3v) is 4.06. The molecule has 21 heavy (non-hydrogen) atoms. The Bertz CT molecular complexity index is 886. The van der Waals surface area contributed by atoms with E-state index in [0.29, 0.717) is 0 Å². The van der Waals surface area contributed by atoms with Crippen molar-refractivity contribution in [2.45, 2.75) is 0 Å². The molecular formula is C17H11N3S. The van der Waals surface area contributed by atoms with E-state index < -0.39 is 0 Å². The van der Waals surface area contributed by atoms with E-state index in [0.717, 1.165) is 33.4 Å². The van der Waals surface area contributed by atoms with E-state index in [9.17, 15) is 0 Å². The van der Waals surface area contributed by atoms with E-state index >= 15 is 0 Å². The zero-order chi connectivity index (χ0) is 14.1. The number of rotatable bonds is 2. The smallest absolute Gasteiger partial charge is 0.0901 e. The lowest BCUT2D eigenvalue weighted by Crippen LogP contribution is -1.88. The molecule has 0 aliphatic rings. The zero-order valence-corrected chi connectivity index (χ0v) is 11.9. The molecule has 3 aromatic heterocycles. The van der Waals surface area contributed by atoms with Gasteiger partial charge in [0, 0.05) is 23.3 Å². The Hall–Kier alpha value is -2.59. The van der Waals surface area contributed by atoms with Crippen molar-refractivity contribution in [2.75, 3.05) is 0 Å². The van der Waals surface area contributed by atoms with Crippen LogP contribution in [0.15, 0.2) is 65.7 Å². The first-order valence-electron chi connectivity index (χ1n) is 6.60. The third-order valence-electron chi connectivity index (χ3n) is 3.37. The van der Waals surface area contributed by atoms with Crippen LogP contribution in [0.2, 0.25) is 0 Å². The van der Waals surface area contributed by atoms with Gasteiger partial charge < -0.3 is 0 Å². The van der Waals surface area contributed by atoms with Gasteiger partial charge in [-0.3, -0.25) is 9.97 Å². The minimum absolute atomic E-state index is 0.906. The van der Waals surface area contributed by atoms with E-state index in [1.165, 1.54) is 0 Å². The van der Waals surface area contributed by atoms with E-state index in [1.54, 1.807) is 23.7 Å². The fourth-order valence-corrected chi connectivity index (χ4v) is 2.93. The minimum Gasteiger partial charge on any atom is -0.265 e. The van der Waals surface area contributed by atoms with Gasteiger partial charge in [0.05, 0.1) is 22.9 Å². The van der Waals surface area contributed by atoms with Gasteiger partial charge in [-0.15, -0.1) is 0 Å². The van der Waals surface area contributed by atoms with Crippen molar-refractivity contribution in [2.24, 2.45) is 0 Å². The highest BCUT2D eigenvalue weighted by atomic mass is 32.1. The first-order chi connectivity index (χ1) is 10.4. The monoisotopic (exact) mass is 289 g/mol. The lowest BCUT2D eigenvalue weighted by atomic mass is 10.1. The molecule has 0 unspecified atom stereocenters. The van der Waals surface area contributed by atoms with Crippen molar-refractivity contribution in [3.63, 3.8) is 0 Å². The Morgan fingerprint density at radius 2 is 1.71 bits per heavy atom. The molecule has 3 nitrogen and oxygen atoms in total. The molecule has 3 heterocycles. The summed E-state index contributed by atoms with van der Waals surface area (Å²) in [5.74, 6) is 0. The number of fused-ring (bicyclic) bond motifs is 1. The summed E-state index contributed by atoms with van der Waals surface area (Å²) >= 11 is 1.67. The molecule has 0 fully saturated rings. The number of hydrogen-bond donors (Lipinski definition) is 0. The molecule has 100 valence electrons. The first-order valence-corrected chi connectivity index (χ1v) is 7.54. The molecule has 0 aliphatic carbocycles. The quantitative estimate of drug-likeness (QED) is 0.548. The van der Waals surface area contributed by atoms with Crippen LogP contribution in [0.4, 0.5) is 0 Å². The van der Waals surface area contributed by atoms with Gasteiger partial charge in [-0.25, -0.2) is 4.98 Å². The fourth-order valence-electron chi connectivity index (χ4n) is 2.28. The first kappa shape index (κ1) is 12.2. The molecule has 0 bridgehead atoms. The molecule has 0 saturated heterocycles. The lowest BCUT2D eigenvalue weighted by Gasteiger charge is -2.04. The van der Waals surface area contributed by atoms with Crippen LogP contribution in [0.5, 0.6) is 0 Å². The molecule has 1 aromatic carbocycles. The average Bonchev–Trinajstić information content (AvgIpc) is 3.09. The lowest BCUT2D eigenvalue weighted by molar-refractivity contribution is 1.29. The Morgan fingerprint density at radius 3 is 2.52 bits per heavy atom. The third kappa shape index (κ3) is 2.30. The maximum atomic E-state index is 4.68. The Balaban J connectivity index is 1.81. The molecule has 0 spiro atoms. The van der Waals surface area contributed by atoms with Crippen LogP contribution in [0.1, 0.15) is 0 Å². The number of hydrogen-bond acceptors (Lipinski definition) is 4. The second-order valence-electron chi connectivity index (χ2n) is 4.71. The van der Waals surface area contributed by atoms with Gasteiger partial charge in [-0.2, -0.15) is 11.3 Å². The summed E-state index contributed by atoms with van der Waals surface area (Å²) < 4.78 is 0. The Labute approximate surface area is 126 Å². The predicted molar refractivity (Wildman–Crippen MR) is 86.1 cm³/mol. The van der Waals surface area contributed by atoms with Gasteiger partial charge in [0.15, 0.2) is 0 Å². The molecule has 0 aliphatic heterocycles. The molecule has 0 atom stereocenters. The molecule has 0 radical (unpaired) electrons. The highest BCUT2D eigenvalue weighted by molar-refractivity contribution is 7.08. The van der Waals surface area contributed by atoms with Gasteiger partial charge in [-0.1, -0.05) is 6.07 Å². The fraction of sp³-hybridized carbons (Fsp3) is 0. The molecular weight excluding hydrogens is 278 g/mol. The highest BCUT2D eigenvalue weighted by Crippen LogP contribution is 2.25. The molecule has 4 heteroatoms. The summed E-state index contributed by atoms with van der Waals surface area (Å²) in [5.41, 5.74) is 6.12. The summed E-state index contributed by atoms with van der Waals surface area (Å²) in [7, 11) is 0. The van der Waals surface area contributed by atoms with Crippen molar-refractivity contribution in [3.05, 3.63) is 65.7 Å². The van der Waals surface area contributed by atoms with Crippen molar-refractivity contribution in [1.82, 2.24) is 15.0 Å². The SMILES string of the molecule is c1cc(-c2ccc3nc(-c4ccsc4)cnc3c2)ccn1. The van der Waals surface area contributed by atoms with Crippen LogP contribution in [0, 0.1) is 0 Å². The van der Waals surface area contributed by atoms with Crippen LogP contribution in [0.25, 0.3) is 33.4 Å². The van der Waals surface area contributed by atoms with Crippen LogP contribution in [0.3, 0.4) is 0 Å². The predicted octanol–water partition coefficient (Wildman–Crippen LogP) is 4.42. The van der Waals surface area contributed by atoms with Gasteiger partial charge in [-0.05, 0) is 46.8 Å². The van der Waals surface area contributed by atoms with E-state index in [4.69, 9.17) is 0 Å². The standard InChI is InChI=1S/C17H11N3S/c1-2-15-16(9-13(1)12-3-6-18-7-4-12)19-10-17(20-15)14-5-8-21-11-14/h1-11H. The summed E-state index contributed by atoms with van der Waals surface area (Å²) in [6.45, 7) is 0. The largest absolute Gasteiger partial charge is 0.265 e. The minimum atomic E-state index is 0.906. The van der Waals surface area contributed by atoms with Crippen LogP contribution in [-0.4, -0.2) is 15.0 Å². The normalized spacial score (nSPS) is 10.9. The second-order valence-corrected chi connectivity index (χ2v) is 5.49. The van der Waals surface area contributed by atoms with E-state index in [-0.39, 0.29) is 0 Å². The van der Waals surface area contributed by atoms with Gasteiger partial charge >= 0.3 is 0 Å². The molecule has 0 amide bonds. The summed E-state index contributed by atoms with van der Waals surface area (Å²) in [6, 6.07) is 12.2. The van der Waals surface area contributed by atoms with Gasteiger partial charge in [0.1, 0.15) is 0 Å². The number of nitrogens with zero attached hydrogens (tertiary/aromatic N) is 3. The van der Waals surface area contributed by atoms with Crippen molar-refractivity contribution < 1.29 is 0 Å². The molecule has 0 N–H and O–H groups in total. The number of aromatic nitrogens is 3. The maximum Gasteiger partial charge on any atom is 0.0901 e. The Morgan fingerprint density at radius 1 is 0.810 bits per heavy atom.